The molecule has 0 bridgehead atoms. The molecule has 0 aromatic carbocycles. The van der Waals surface area contributed by atoms with Crippen LogP contribution in [0.5, 0.6) is 0 Å². The number of hydrogen-bond donors (Lipinski definition) is 3. The van der Waals surface area contributed by atoms with Gasteiger partial charge in [0.1, 0.15) is 6.10 Å². The summed E-state index contributed by atoms with van der Waals surface area (Å²) in [4.78, 5) is 16.9. The zero-order chi connectivity index (χ0) is 29.1. The molecule has 1 aliphatic heterocycles. The van der Waals surface area contributed by atoms with E-state index in [1.165, 1.54) is 63.9 Å². The second kappa shape index (κ2) is 12.8. The van der Waals surface area contributed by atoms with Crippen LogP contribution in [0.15, 0.2) is 17.1 Å². The Morgan fingerprint density at radius 1 is 0.878 bits per heavy atom. The topological polar surface area (TPSA) is 99.4 Å². The first-order valence-electron chi connectivity index (χ1n) is 17.2. The largest absolute Gasteiger partial charge is 0.455 e. The molecule has 0 saturated heterocycles. The Labute approximate surface area is 248 Å². The van der Waals surface area contributed by atoms with Crippen molar-refractivity contribution in [3.05, 3.63) is 12.2 Å². The number of rotatable bonds is 13. The summed E-state index contributed by atoms with van der Waals surface area (Å²) in [7, 11) is 0. The van der Waals surface area contributed by atoms with Gasteiger partial charge in [0.15, 0.2) is 0 Å². The van der Waals surface area contributed by atoms with E-state index < -0.39 is 22.7 Å². The highest BCUT2D eigenvalue weighted by Gasteiger charge is 2.71. The first-order chi connectivity index (χ1) is 19.7. The van der Waals surface area contributed by atoms with Crippen LogP contribution in [0.3, 0.4) is 0 Å². The molecule has 41 heavy (non-hydrogen) atoms. The minimum Gasteiger partial charge on any atom is -0.455 e. The third kappa shape index (κ3) is 5.71. The monoisotopic (exact) mass is 571 g/mol. The highest BCUT2D eigenvalue weighted by atomic mass is 16.5. The number of aliphatic imine (C=N–C) groups is 1. The Morgan fingerprint density at radius 3 is 2.22 bits per heavy atom. The van der Waals surface area contributed by atoms with Crippen LogP contribution < -0.4 is 0 Å². The zero-order valence-corrected chi connectivity index (χ0v) is 25.9. The number of esters is 1. The van der Waals surface area contributed by atoms with Crippen LogP contribution in [0.1, 0.15) is 136 Å². The maximum absolute atomic E-state index is 12.5. The van der Waals surface area contributed by atoms with Crippen LogP contribution in [-0.2, 0) is 9.53 Å². The number of carbonyl (C=O) groups is 1. The molecule has 4 fully saturated rings. The number of aliphatic hydroxyl groups is 3. The van der Waals surface area contributed by atoms with Crippen LogP contribution in [0.2, 0.25) is 0 Å². The van der Waals surface area contributed by atoms with Gasteiger partial charge in [0.05, 0.1) is 17.3 Å². The summed E-state index contributed by atoms with van der Waals surface area (Å²) in [5, 5.41) is 35.3. The summed E-state index contributed by atoms with van der Waals surface area (Å²) in [6, 6.07) is 0. The average molecular weight is 572 g/mol. The number of carbonyl (C=O) groups excluding carboxylic acids is 1. The third-order valence-corrected chi connectivity index (χ3v) is 12.6. The van der Waals surface area contributed by atoms with E-state index in [0.29, 0.717) is 25.7 Å². The lowest BCUT2D eigenvalue weighted by Gasteiger charge is -2.65. The molecule has 1 heterocycles. The predicted molar refractivity (Wildman–Crippen MR) is 163 cm³/mol. The minimum atomic E-state index is -0.973. The smallest absolute Gasteiger partial charge is 0.331 e. The zero-order valence-electron chi connectivity index (χ0n) is 25.9. The molecule has 0 amide bonds. The maximum Gasteiger partial charge on any atom is 0.331 e. The molecule has 9 atom stereocenters. The van der Waals surface area contributed by atoms with E-state index in [1.54, 1.807) is 0 Å². The number of hydrogen-bond acceptors (Lipinski definition) is 6. The van der Waals surface area contributed by atoms with Crippen molar-refractivity contribution in [2.75, 3.05) is 6.54 Å². The van der Waals surface area contributed by atoms with Gasteiger partial charge in [-0.05, 0) is 75.7 Å². The number of fused-ring (bicyclic) bond motifs is 5. The summed E-state index contributed by atoms with van der Waals surface area (Å²) < 4.78 is 5.65. The second-order valence-corrected chi connectivity index (χ2v) is 14.7. The number of unbranched alkanes of at least 4 members (excludes halogenated alkanes) is 9. The van der Waals surface area contributed by atoms with Gasteiger partial charge in [0, 0.05) is 42.0 Å². The van der Waals surface area contributed by atoms with Crippen LogP contribution in [0.4, 0.5) is 0 Å². The van der Waals surface area contributed by atoms with Crippen molar-refractivity contribution in [1.29, 1.82) is 0 Å². The number of ether oxygens (including phenoxy) is 1. The van der Waals surface area contributed by atoms with E-state index in [2.05, 4.69) is 20.1 Å². The summed E-state index contributed by atoms with van der Waals surface area (Å²) in [6.45, 7) is 5.27. The molecule has 0 aromatic rings. The van der Waals surface area contributed by atoms with Gasteiger partial charge in [0.2, 0.25) is 0 Å². The van der Waals surface area contributed by atoms with Gasteiger partial charge in [-0.25, -0.2) is 4.79 Å². The summed E-state index contributed by atoms with van der Waals surface area (Å²) in [6.07, 6.45) is 24.3. The third-order valence-electron chi connectivity index (χ3n) is 12.6. The lowest BCUT2D eigenvalue weighted by Crippen LogP contribution is -2.69. The van der Waals surface area contributed by atoms with Gasteiger partial charge in [-0.1, -0.05) is 71.6 Å². The molecule has 232 valence electrons. The van der Waals surface area contributed by atoms with Crippen molar-refractivity contribution in [2.45, 2.75) is 159 Å². The summed E-state index contributed by atoms with van der Waals surface area (Å²) in [5.41, 5.74) is -2.65. The molecule has 0 radical (unpaired) electrons. The lowest BCUT2D eigenvalue weighted by atomic mass is 9.41. The number of aliphatic hydroxyl groups excluding tert-OH is 1. The average Bonchev–Trinajstić information content (AvgIpc) is 3.49. The highest BCUT2D eigenvalue weighted by molar-refractivity contribution is 5.84. The maximum atomic E-state index is 12.5. The van der Waals surface area contributed by atoms with E-state index in [9.17, 15) is 20.1 Å². The lowest BCUT2D eigenvalue weighted by molar-refractivity contribution is -0.241. The normalized spacial score (nSPS) is 43.6. The van der Waals surface area contributed by atoms with Crippen LogP contribution in [0, 0.1) is 28.6 Å². The quantitative estimate of drug-likeness (QED) is 0.130. The number of nitrogens with zero attached hydrogens (tertiary/aromatic N) is 1. The molecular weight excluding hydrogens is 514 g/mol. The van der Waals surface area contributed by atoms with Gasteiger partial charge in [-0.3, -0.25) is 4.99 Å². The van der Waals surface area contributed by atoms with E-state index in [1.807, 2.05) is 6.08 Å². The minimum absolute atomic E-state index is 0.0756. The van der Waals surface area contributed by atoms with Crippen LogP contribution in [-0.4, -0.2) is 57.5 Å². The number of cyclic esters (lactones) is 1. The molecule has 4 saturated carbocycles. The fourth-order valence-electron chi connectivity index (χ4n) is 10.3. The molecule has 5 rings (SSSR count). The molecule has 0 unspecified atom stereocenters. The molecular formula is C35H57NO5. The van der Waals surface area contributed by atoms with Crippen LogP contribution >= 0.6 is 0 Å². The van der Waals surface area contributed by atoms with E-state index in [-0.39, 0.29) is 35.2 Å². The molecule has 5 aliphatic rings. The van der Waals surface area contributed by atoms with E-state index >= 15 is 0 Å². The molecule has 3 N–H and O–H groups in total. The van der Waals surface area contributed by atoms with Gasteiger partial charge < -0.3 is 20.1 Å². The fraction of sp³-hybridized carbons (Fsp3) is 0.886. The summed E-state index contributed by atoms with van der Waals surface area (Å²) >= 11 is 0. The van der Waals surface area contributed by atoms with Gasteiger partial charge in [-0.15, -0.1) is 0 Å². The van der Waals surface area contributed by atoms with E-state index in [0.717, 1.165) is 45.1 Å². The Bertz CT molecular complexity index is 966. The van der Waals surface area contributed by atoms with E-state index in [4.69, 9.17) is 9.73 Å². The Hall–Kier alpha value is -1.24. The Morgan fingerprint density at radius 2 is 1.54 bits per heavy atom. The predicted octanol–water partition coefficient (Wildman–Crippen LogP) is 6.69. The van der Waals surface area contributed by atoms with Crippen molar-refractivity contribution in [1.82, 2.24) is 0 Å². The Balaban J connectivity index is 1.24. The highest BCUT2D eigenvalue weighted by Crippen LogP contribution is 2.70. The van der Waals surface area contributed by atoms with Gasteiger partial charge in [-0.2, -0.15) is 0 Å². The fourth-order valence-corrected chi connectivity index (χ4v) is 10.3. The van der Waals surface area contributed by atoms with Crippen molar-refractivity contribution in [3.8, 4) is 0 Å². The van der Waals surface area contributed by atoms with Gasteiger partial charge >= 0.3 is 5.97 Å². The van der Waals surface area contributed by atoms with Crippen molar-refractivity contribution >= 4 is 12.2 Å². The molecule has 4 aliphatic carbocycles. The summed E-state index contributed by atoms with van der Waals surface area (Å²) in [5.74, 6) is 0.0604. The standard InChI is InChI=1S/C35H57NO5/c1-3-4-5-6-7-8-9-10-11-12-23-36-25-33-20-15-26(37)24-34(33,39)21-17-28-27(33)16-19-32(2)29(18-22-35(28,32)40)30-13-14-31(38)41-30/h13-14,25-30,37,39-40H,3-12,15-24H2,1-2H3/t26-,27+,28-,29+,30+,32-,33+,34+,35+/m1/s1. The molecule has 0 aromatic heterocycles. The molecule has 0 spiro atoms. The first kappa shape index (κ1) is 31.2. The van der Waals surface area contributed by atoms with Crippen molar-refractivity contribution in [3.63, 3.8) is 0 Å². The Kier molecular flexibility index (Phi) is 9.72. The molecule has 6 nitrogen and oxygen atoms in total. The second-order valence-electron chi connectivity index (χ2n) is 14.7. The van der Waals surface area contributed by atoms with Crippen LogP contribution in [0.25, 0.3) is 0 Å². The molecule has 6 heteroatoms. The van der Waals surface area contributed by atoms with Crippen molar-refractivity contribution in [2.24, 2.45) is 33.6 Å². The van der Waals surface area contributed by atoms with Crippen molar-refractivity contribution < 1.29 is 24.9 Å². The SMILES string of the molecule is CCCCCCCCCCCCN=C[C@]12CC[C@@H](O)C[C@@]1(O)CC[C@@H]1[C@@H]2CC[C@]2(C)[C@H]([C@@H]3C=CC(=O)O3)CC[C@]12O. The van der Waals surface area contributed by atoms with Gasteiger partial charge in [0.25, 0.3) is 0 Å². The first-order valence-corrected chi connectivity index (χ1v) is 17.2.